The van der Waals surface area contributed by atoms with Crippen LogP contribution in [0.25, 0.3) is 0 Å². The van der Waals surface area contributed by atoms with Crippen LogP contribution in [-0.2, 0) is 0 Å². The monoisotopic (exact) mass is 286 g/mol. The number of carbonyl (C=O) groups excluding carboxylic acids is 1. The first kappa shape index (κ1) is 15.3. The maximum atomic E-state index is 12.2. The van der Waals surface area contributed by atoms with E-state index >= 15 is 0 Å². The number of halogens is 1. The van der Waals surface area contributed by atoms with Gasteiger partial charge in [0.2, 0.25) is 0 Å². The number of nitro groups is 1. The summed E-state index contributed by atoms with van der Waals surface area (Å²) in [7, 11) is 5.35. The molecule has 0 aliphatic carbocycles. The molecule has 0 atom stereocenters. The third kappa shape index (κ3) is 4.15. The van der Waals surface area contributed by atoms with Gasteiger partial charge in [0.1, 0.15) is 16.9 Å². The van der Waals surface area contributed by atoms with Gasteiger partial charge in [0.05, 0.1) is 4.92 Å². The van der Waals surface area contributed by atoms with Crippen molar-refractivity contribution in [2.24, 2.45) is 0 Å². The summed E-state index contributed by atoms with van der Waals surface area (Å²) in [5, 5.41) is 10.9. The van der Waals surface area contributed by atoms with Crippen molar-refractivity contribution in [2.45, 2.75) is 0 Å². The van der Waals surface area contributed by atoms with Crippen LogP contribution in [0.2, 0.25) is 5.15 Å². The summed E-state index contributed by atoms with van der Waals surface area (Å²) in [6, 6.07) is 1.22. The largest absolute Gasteiger partial charge is 0.340 e. The van der Waals surface area contributed by atoms with Crippen LogP contribution < -0.4 is 0 Å². The Hall–Kier alpha value is -1.73. The molecule has 0 saturated heterocycles. The molecule has 1 aromatic rings. The number of rotatable bonds is 5. The molecule has 0 unspecified atom stereocenters. The van der Waals surface area contributed by atoms with Crippen molar-refractivity contribution < 1.29 is 9.72 Å². The first-order chi connectivity index (χ1) is 8.82. The second-order valence-corrected chi connectivity index (χ2v) is 4.70. The smallest absolute Gasteiger partial charge is 0.300 e. The number of hydrogen-bond donors (Lipinski definition) is 0. The second-order valence-electron chi connectivity index (χ2n) is 4.31. The van der Waals surface area contributed by atoms with E-state index < -0.39 is 10.8 Å². The first-order valence-electron chi connectivity index (χ1n) is 5.53. The minimum Gasteiger partial charge on any atom is -0.340 e. The zero-order chi connectivity index (χ0) is 14.6. The highest BCUT2D eigenvalue weighted by Crippen LogP contribution is 2.21. The van der Waals surface area contributed by atoms with Gasteiger partial charge < -0.3 is 9.80 Å². The normalized spacial score (nSPS) is 10.6. The van der Waals surface area contributed by atoms with Gasteiger partial charge in [-0.05, 0) is 20.2 Å². The molecule has 19 heavy (non-hydrogen) atoms. The molecule has 0 aromatic carbocycles. The first-order valence-corrected chi connectivity index (χ1v) is 5.91. The van der Waals surface area contributed by atoms with Gasteiger partial charge in [0, 0.05) is 20.1 Å². The van der Waals surface area contributed by atoms with Crippen LogP contribution in [0.1, 0.15) is 10.4 Å². The Balaban J connectivity index is 2.98. The molecule has 0 bridgehead atoms. The Morgan fingerprint density at radius 1 is 1.42 bits per heavy atom. The van der Waals surface area contributed by atoms with E-state index in [1.807, 2.05) is 19.0 Å². The summed E-state index contributed by atoms with van der Waals surface area (Å²) in [6.07, 6.45) is 0.995. The summed E-state index contributed by atoms with van der Waals surface area (Å²) in [4.78, 5) is 29.3. The van der Waals surface area contributed by atoms with E-state index in [9.17, 15) is 14.9 Å². The van der Waals surface area contributed by atoms with E-state index in [2.05, 4.69) is 4.98 Å². The molecule has 0 aliphatic heterocycles. The minimum absolute atomic E-state index is 0.0498. The van der Waals surface area contributed by atoms with Crippen molar-refractivity contribution in [2.75, 3.05) is 34.2 Å². The average Bonchev–Trinajstić information content (AvgIpc) is 2.34. The molecule has 1 aromatic heterocycles. The lowest BCUT2D eigenvalue weighted by atomic mass is 10.2. The predicted octanol–water partition coefficient (Wildman–Crippen LogP) is 1.28. The summed E-state index contributed by atoms with van der Waals surface area (Å²) >= 11 is 5.69. The maximum Gasteiger partial charge on any atom is 0.300 e. The van der Waals surface area contributed by atoms with Gasteiger partial charge in [0.25, 0.3) is 11.6 Å². The molecule has 8 heteroatoms. The van der Waals surface area contributed by atoms with Crippen LogP contribution in [0.5, 0.6) is 0 Å². The predicted molar refractivity (Wildman–Crippen MR) is 71.4 cm³/mol. The standard InChI is InChI=1S/C11H15ClN4O3/c1-14(2)4-5-15(3)11(17)8-6-10(12)13-7-9(8)16(18)19/h6-7H,4-5H2,1-3H3. The quantitative estimate of drug-likeness (QED) is 0.463. The number of amides is 1. The molecule has 104 valence electrons. The van der Waals surface area contributed by atoms with E-state index in [-0.39, 0.29) is 16.4 Å². The fourth-order valence-corrected chi connectivity index (χ4v) is 1.55. The number of aromatic nitrogens is 1. The Labute approximate surface area is 115 Å². The summed E-state index contributed by atoms with van der Waals surface area (Å²) in [5.41, 5.74) is -0.391. The summed E-state index contributed by atoms with van der Waals surface area (Å²) in [6.45, 7) is 1.12. The van der Waals surface area contributed by atoms with Gasteiger partial charge in [-0.25, -0.2) is 4.98 Å². The second kappa shape index (κ2) is 6.44. The van der Waals surface area contributed by atoms with Crippen molar-refractivity contribution in [3.05, 3.63) is 33.1 Å². The van der Waals surface area contributed by atoms with E-state index in [0.717, 1.165) is 6.20 Å². The lowest BCUT2D eigenvalue weighted by molar-refractivity contribution is -0.385. The summed E-state index contributed by atoms with van der Waals surface area (Å²) < 4.78 is 0. The highest BCUT2D eigenvalue weighted by Gasteiger charge is 2.23. The molecule has 0 N–H and O–H groups in total. The van der Waals surface area contributed by atoms with Gasteiger partial charge in [0.15, 0.2) is 0 Å². The zero-order valence-corrected chi connectivity index (χ0v) is 11.7. The van der Waals surface area contributed by atoms with Crippen LogP contribution >= 0.6 is 11.6 Å². The Morgan fingerprint density at radius 2 is 2.05 bits per heavy atom. The highest BCUT2D eigenvalue weighted by atomic mass is 35.5. The van der Waals surface area contributed by atoms with Gasteiger partial charge in [-0.3, -0.25) is 14.9 Å². The topological polar surface area (TPSA) is 79.6 Å². The number of hydrogen-bond acceptors (Lipinski definition) is 5. The molecule has 7 nitrogen and oxygen atoms in total. The Bertz CT molecular complexity index is 493. The third-order valence-electron chi connectivity index (χ3n) is 2.51. The van der Waals surface area contributed by atoms with Crippen LogP contribution in [-0.4, -0.2) is 59.8 Å². The Kier molecular flexibility index (Phi) is 5.20. The molecular formula is C11H15ClN4O3. The molecule has 0 fully saturated rings. The lowest BCUT2D eigenvalue weighted by Gasteiger charge is -2.19. The van der Waals surface area contributed by atoms with Gasteiger partial charge in [-0.1, -0.05) is 11.6 Å². The number of likely N-dealkylation sites (N-methyl/N-ethyl adjacent to an activating group) is 2. The van der Waals surface area contributed by atoms with E-state index in [0.29, 0.717) is 13.1 Å². The van der Waals surface area contributed by atoms with Crippen molar-refractivity contribution in [1.29, 1.82) is 0 Å². The van der Waals surface area contributed by atoms with E-state index in [1.165, 1.54) is 11.0 Å². The Morgan fingerprint density at radius 3 is 2.58 bits per heavy atom. The molecule has 1 rings (SSSR count). The number of carbonyl (C=O) groups is 1. The van der Waals surface area contributed by atoms with Crippen LogP contribution in [0, 0.1) is 10.1 Å². The summed E-state index contributed by atoms with van der Waals surface area (Å²) in [5.74, 6) is -0.446. The molecule has 0 radical (unpaired) electrons. The molecule has 1 amide bonds. The van der Waals surface area contributed by atoms with Gasteiger partial charge in [-0.15, -0.1) is 0 Å². The minimum atomic E-state index is -0.643. The highest BCUT2D eigenvalue weighted by molar-refractivity contribution is 6.29. The number of pyridine rings is 1. The van der Waals surface area contributed by atoms with E-state index in [1.54, 1.807) is 7.05 Å². The fourth-order valence-electron chi connectivity index (χ4n) is 1.40. The molecule has 0 spiro atoms. The number of nitrogens with zero attached hydrogens (tertiary/aromatic N) is 4. The fraction of sp³-hybridized carbons (Fsp3) is 0.455. The van der Waals surface area contributed by atoms with Crippen molar-refractivity contribution in [3.63, 3.8) is 0 Å². The molecular weight excluding hydrogens is 272 g/mol. The van der Waals surface area contributed by atoms with Crippen LogP contribution in [0.15, 0.2) is 12.3 Å². The van der Waals surface area contributed by atoms with E-state index in [4.69, 9.17) is 11.6 Å². The lowest BCUT2D eigenvalue weighted by Crippen LogP contribution is -2.33. The average molecular weight is 287 g/mol. The van der Waals surface area contributed by atoms with Gasteiger partial charge >= 0.3 is 0 Å². The zero-order valence-electron chi connectivity index (χ0n) is 11.0. The van der Waals surface area contributed by atoms with Gasteiger partial charge in [-0.2, -0.15) is 0 Å². The van der Waals surface area contributed by atoms with Crippen LogP contribution in [0.3, 0.4) is 0 Å². The molecule has 0 aliphatic rings. The van der Waals surface area contributed by atoms with Crippen molar-refractivity contribution in [3.8, 4) is 0 Å². The third-order valence-corrected chi connectivity index (χ3v) is 2.71. The SMILES string of the molecule is CN(C)CCN(C)C(=O)c1cc(Cl)ncc1[N+](=O)[O-]. The van der Waals surface area contributed by atoms with Crippen molar-refractivity contribution >= 4 is 23.2 Å². The van der Waals surface area contributed by atoms with Crippen LogP contribution in [0.4, 0.5) is 5.69 Å². The molecule has 0 saturated carbocycles. The maximum absolute atomic E-state index is 12.2. The van der Waals surface area contributed by atoms with Crippen molar-refractivity contribution in [1.82, 2.24) is 14.8 Å². The molecule has 1 heterocycles.